The molecule has 1 fully saturated rings. The molecule has 0 spiro atoms. The monoisotopic (exact) mass is 171 g/mol. The highest BCUT2D eigenvalue weighted by atomic mass is 16.4. The molecule has 0 aromatic rings. The molecule has 1 saturated heterocycles. The van der Waals surface area contributed by atoms with E-state index in [9.17, 15) is 4.79 Å². The summed E-state index contributed by atoms with van der Waals surface area (Å²) in [6, 6.07) is 0. The quantitative estimate of drug-likeness (QED) is 0.666. The van der Waals surface area contributed by atoms with Gasteiger partial charge in [-0.15, -0.1) is 0 Å². The molecule has 2 N–H and O–H groups in total. The van der Waals surface area contributed by atoms with Gasteiger partial charge < -0.3 is 10.4 Å². The zero-order valence-corrected chi connectivity index (χ0v) is 7.55. The van der Waals surface area contributed by atoms with Crippen LogP contribution in [0.4, 0.5) is 0 Å². The number of nitrogens with one attached hydrogen (secondary N) is 1. The highest BCUT2D eigenvalue weighted by Gasteiger charge is 2.31. The van der Waals surface area contributed by atoms with Crippen LogP contribution in [-0.2, 0) is 4.79 Å². The molecule has 2 atom stereocenters. The minimum absolute atomic E-state index is 0.142. The average Bonchev–Trinajstić information content (AvgIpc) is 2.48. The third-order valence-electron chi connectivity index (χ3n) is 2.59. The summed E-state index contributed by atoms with van der Waals surface area (Å²) in [5, 5.41) is 12.0. The van der Waals surface area contributed by atoms with Gasteiger partial charge in [-0.25, -0.2) is 0 Å². The minimum atomic E-state index is -0.638. The summed E-state index contributed by atoms with van der Waals surface area (Å²) in [6.45, 7) is 3.68. The summed E-state index contributed by atoms with van der Waals surface area (Å²) < 4.78 is 0. The van der Waals surface area contributed by atoms with Gasteiger partial charge >= 0.3 is 5.97 Å². The molecule has 0 saturated carbocycles. The van der Waals surface area contributed by atoms with Crippen LogP contribution < -0.4 is 5.32 Å². The smallest absolute Gasteiger partial charge is 0.308 e. The molecule has 0 aromatic heterocycles. The van der Waals surface area contributed by atoms with E-state index in [0.29, 0.717) is 12.5 Å². The Balaban J connectivity index is 2.35. The molecule has 0 amide bonds. The number of rotatable bonds is 4. The van der Waals surface area contributed by atoms with Crippen LogP contribution in [0.1, 0.15) is 26.2 Å². The van der Waals surface area contributed by atoms with Crippen LogP contribution in [0.15, 0.2) is 0 Å². The van der Waals surface area contributed by atoms with Gasteiger partial charge in [-0.2, -0.15) is 0 Å². The molecule has 0 radical (unpaired) electrons. The molecule has 3 nitrogen and oxygen atoms in total. The maximum Gasteiger partial charge on any atom is 0.308 e. The van der Waals surface area contributed by atoms with E-state index in [1.54, 1.807) is 0 Å². The van der Waals surface area contributed by atoms with Crippen LogP contribution in [0, 0.1) is 11.8 Å². The minimum Gasteiger partial charge on any atom is -0.481 e. The molecule has 3 heteroatoms. The third-order valence-corrected chi connectivity index (χ3v) is 2.59. The van der Waals surface area contributed by atoms with E-state index in [4.69, 9.17) is 5.11 Å². The van der Waals surface area contributed by atoms with Gasteiger partial charge in [0.1, 0.15) is 0 Å². The fraction of sp³-hybridized carbons (Fsp3) is 0.889. The lowest BCUT2D eigenvalue weighted by atomic mass is 9.91. The first-order valence-electron chi connectivity index (χ1n) is 4.69. The summed E-state index contributed by atoms with van der Waals surface area (Å²) in [4.78, 5) is 10.7. The second-order valence-electron chi connectivity index (χ2n) is 3.51. The van der Waals surface area contributed by atoms with Gasteiger partial charge in [0.2, 0.25) is 0 Å². The van der Waals surface area contributed by atoms with Gasteiger partial charge in [0.05, 0.1) is 5.92 Å². The first-order chi connectivity index (χ1) is 5.75. The number of unbranched alkanes of at least 4 members (excludes halogenated alkanes) is 1. The summed E-state index contributed by atoms with van der Waals surface area (Å²) in [5.41, 5.74) is 0. The number of hydrogen-bond donors (Lipinski definition) is 2. The molecule has 0 aliphatic carbocycles. The zero-order valence-electron chi connectivity index (χ0n) is 7.55. The summed E-state index contributed by atoms with van der Waals surface area (Å²) in [7, 11) is 0. The van der Waals surface area contributed by atoms with E-state index in [1.165, 1.54) is 0 Å². The average molecular weight is 171 g/mol. The van der Waals surface area contributed by atoms with Crippen LogP contribution in [0.2, 0.25) is 0 Å². The molecule has 1 heterocycles. The third kappa shape index (κ3) is 2.21. The van der Waals surface area contributed by atoms with Gasteiger partial charge in [-0.05, 0) is 18.9 Å². The van der Waals surface area contributed by atoms with E-state index in [0.717, 1.165) is 25.8 Å². The van der Waals surface area contributed by atoms with Gasteiger partial charge in [-0.1, -0.05) is 19.8 Å². The van der Waals surface area contributed by atoms with Crippen molar-refractivity contribution in [2.75, 3.05) is 13.1 Å². The summed E-state index contributed by atoms with van der Waals surface area (Å²) in [5.74, 6) is -0.417. The first-order valence-corrected chi connectivity index (χ1v) is 4.69. The standard InChI is InChI=1S/C9H17NO2/c1-2-3-4-7-5-10-6-8(7)9(11)12/h7-8,10H,2-6H2,1H3,(H,11,12)/t7-,8-/m0/s1. The van der Waals surface area contributed by atoms with Crippen molar-refractivity contribution in [2.24, 2.45) is 11.8 Å². The predicted molar refractivity (Wildman–Crippen MR) is 47.0 cm³/mol. The highest BCUT2D eigenvalue weighted by molar-refractivity contribution is 5.71. The van der Waals surface area contributed by atoms with Gasteiger partial charge in [0.25, 0.3) is 0 Å². The molecule has 1 rings (SSSR count). The van der Waals surface area contributed by atoms with E-state index < -0.39 is 5.97 Å². The molecule has 1 aliphatic heterocycles. The topological polar surface area (TPSA) is 49.3 Å². The van der Waals surface area contributed by atoms with Gasteiger partial charge in [0, 0.05) is 6.54 Å². The van der Waals surface area contributed by atoms with Crippen LogP contribution in [0.5, 0.6) is 0 Å². The summed E-state index contributed by atoms with van der Waals surface area (Å²) in [6.07, 6.45) is 3.36. The van der Waals surface area contributed by atoms with Crippen molar-refractivity contribution < 1.29 is 9.90 Å². The molecule has 1 aliphatic rings. The second-order valence-corrected chi connectivity index (χ2v) is 3.51. The van der Waals surface area contributed by atoms with Crippen LogP contribution >= 0.6 is 0 Å². The van der Waals surface area contributed by atoms with Crippen molar-refractivity contribution in [3.63, 3.8) is 0 Å². The maximum atomic E-state index is 10.7. The number of aliphatic carboxylic acids is 1. The van der Waals surface area contributed by atoms with Crippen molar-refractivity contribution in [1.82, 2.24) is 5.32 Å². The largest absolute Gasteiger partial charge is 0.481 e. The lowest BCUT2D eigenvalue weighted by Crippen LogP contribution is -2.22. The second kappa shape index (κ2) is 4.45. The van der Waals surface area contributed by atoms with Crippen molar-refractivity contribution in [2.45, 2.75) is 26.2 Å². The molecule has 0 unspecified atom stereocenters. The highest BCUT2D eigenvalue weighted by Crippen LogP contribution is 2.22. The lowest BCUT2D eigenvalue weighted by Gasteiger charge is -2.13. The van der Waals surface area contributed by atoms with Crippen molar-refractivity contribution in [3.8, 4) is 0 Å². The Labute approximate surface area is 73.2 Å². The Morgan fingerprint density at radius 2 is 2.33 bits per heavy atom. The van der Waals surface area contributed by atoms with Crippen molar-refractivity contribution >= 4 is 5.97 Å². The van der Waals surface area contributed by atoms with Crippen LogP contribution in [0.3, 0.4) is 0 Å². The van der Waals surface area contributed by atoms with Gasteiger partial charge in [0.15, 0.2) is 0 Å². The number of carboxylic acids is 1. The van der Waals surface area contributed by atoms with Crippen LogP contribution in [-0.4, -0.2) is 24.2 Å². The molecule has 12 heavy (non-hydrogen) atoms. The predicted octanol–water partition coefficient (Wildman–Crippen LogP) is 1.10. The Bertz CT molecular complexity index is 159. The van der Waals surface area contributed by atoms with Gasteiger partial charge in [-0.3, -0.25) is 4.79 Å². The number of hydrogen-bond acceptors (Lipinski definition) is 2. The maximum absolute atomic E-state index is 10.7. The Hall–Kier alpha value is -0.570. The van der Waals surface area contributed by atoms with E-state index >= 15 is 0 Å². The zero-order chi connectivity index (χ0) is 8.97. The fourth-order valence-corrected chi connectivity index (χ4v) is 1.79. The van der Waals surface area contributed by atoms with E-state index in [2.05, 4.69) is 12.2 Å². The number of carboxylic acid groups (broad SMARTS) is 1. The van der Waals surface area contributed by atoms with E-state index in [-0.39, 0.29) is 5.92 Å². The molecular formula is C9H17NO2. The van der Waals surface area contributed by atoms with Crippen LogP contribution in [0.25, 0.3) is 0 Å². The number of carbonyl (C=O) groups is 1. The Morgan fingerprint density at radius 3 is 2.92 bits per heavy atom. The van der Waals surface area contributed by atoms with E-state index in [1.807, 2.05) is 0 Å². The molecule has 0 bridgehead atoms. The first kappa shape index (κ1) is 9.52. The van der Waals surface area contributed by atoms with Crippen molar-refractivity contribution in [3.05, 3.63) is 0 Å². The fourth-order valence-electron chi connectivity index (χ4n) is 1.79. The molecule has 70 valence electrons. The summed E-state index contributed by atoms with van der Waals surface area (Å²) >= 11 is 0. The normalized spacial score (nSPS) is 29.1. The SMILES string of the molecule is CCCC[C@H]1CNC[C@@H]1C(=O)O. The van der Waals surface area contributed by atoms with Crippen molar-refractivity contribution in [1.29, 1.82) is 0 Å². The Kier molecular flexibility index (Phi) is 3.53. The Morgan fingerprint density at radius 1 is 1.58 bits per heavy atom. The lowest BCUT2D eigenvalue weighted by molar-refractivity contribution is -0.142. The molecule has 0 aromatic carbocycles. The molecular weight excluding hydrogens is 154 g/mol.